The number of nitrogens with zero attached hydrogens (tertiary/aromatic N) is 2. The van der Waals surface area contributed by atoms with Crippen LogP contribution in [0.2, 0.25) is 0 Å². The first-order valence-electron chi connectivity index (χ1n) is 4.27. The summed E-state index contributed by atoms with van der Waals surface area (Å²) in [6.45, 7) is 3.07. The average molecular weight is 160 g/mol. The molecule has 0 saturated heterocycles. The highest BCUT2D eigenvalue weighted by molar-refractivity contribution is 5.31. The van der Waals surface area contributed by atoms with E-state index in [1.165, 1.54) is 18.3 Å². The third kappa shape index (κ3) is 2.40. The summed E-state index contributed by atoms with van der Waals surface area (Å²) in [5, 5.41) is 15.5. The van der Waals surface area contributed by atoms with E-state index in [2.05, 4.69) is 6.58 Å². The summed E-state index contributed by atoms with van der Waals surface area (Å²) in [6, 6.07) is 3.12. The van der Waals surface area contributed by atoms with Crippen LogP contribution in [-0.4, -0.2) is 0 Å². The van der Waals surface area contributed by atoms with Gasteiger partial charge in [-0.05, 0) is 18.3 Å². The van der Waals surface area contributed by atoms with Gasteiger partial charge in [0.05, 0.1) is 0 Å². The number of hydrogen-bond donors (Lipinski definition) is 0. The van der Waals surface area contributed by atoms with Gasteiger partial charge in [0.25, 0.3) is 0 Å². The Balaban J connectivity index is 0.000000120. The largest absolute Gasteiger partial charge is 0.192 e. The van der Waals surface area contributed by atoms with Gasteiger partial charge in [0.2, 0.25) is 0 Å². The molecule has 0 aromatic rings. The zero-order valence-corrected chi connectivity index (χ0v) is 7.08. The smallest absolute Gasteiger partial charge is 0.122 e. The summed E-state index contributed by atoms with van der Waals surface area (Å²) < 4.78 is 0. The maximum atomic E-state index is 7.76. The molecule has 0 bridgehead atoms. The van der Waals surface area contributed by atoms with E-state index >= 15 is 0 Å². The number of nitriles is 2. The molecule has 0 spiro atoms. The van der Waals surface area contributed by atoms with Crippen molar-refractivity contribution in [2.24, 2.45) is 11.8 Å². The van der Waals surface area contributed by atoms with Crippen LogP contribution in [0.5, 0.6) is 0 Å². The van der Waals surface area contributed by atoms with E-state index in [0.29, 0.717) is 0 Å². The minimum atomic E-state index is -0.0463. The van der Waals surface area contributed by atoms with E-state index in [-0.39, 0.29) is 5.57 Å². The van der Waals surface area contributed by atoms with E-state index in [0.717, 1.165) is 0 Å². The van der Waals surface area contributed by atoms with Crippen LogP contribution in [0.15, 0.2) is 12.2 Å². The second-order valence-corrected chi connectivity index (χ2v) is 3.39. The molecule has 0 aromatic heterocycles. The lowest BCUT2D eigenvalue weighted by Crippen LogP contribution is -1.64. The summed E-state index contributed by atoms with van der Waals surface area (Å²) in [5.41, 5.74) is -0.0463. The second-order valence-electron chi connectivity index (χ2n) is 3.39. The van der Waals surface area contributed by atoms with Crippen LogP contribution < -0.4 is 0 Å². The van der Waals surface area contributed by atoms with Crippen molar-refractivity contribution >= 4 is 0 Å². The van der Waals surface area contributed by atoms with Gasteiger partial charge < -0.3 is 0 Å². The number of allylic oxidation sites excluding steroid dienone is 1. The monoisotopic (exact) mass is 160 g/mol. The predicted molar refractivity (Wildman–Crippen MR) is 45.8 cm³/mol. The van der Waals surface area contributed by atoms with Crippen LogP contribution in [0, 0.1) is 34.5 Å². The number of hydrogen-bond acceptors (Lipinski definition) is 2. The molecular formula is C10H12N2. The fraction of sp³-hybridized carbons (Fsp3) is 0.600. The molecule has 12 heavy (non-hydrogen) atoms. The number of fused-ring (bicyclic) bond motifs is 1. The molecule has 2 fully saturated rings. The van der Waals surface area contributed by atoms with Crippen LogP contribution in [0.1, 0.15) is 25.7 Å². The summed E-state index contributed by atoms with van der Waals surface area (Å²) in [5.74, 6) is 2.43. The van der Waals surface area contributed by atoms with Crippen LogP contribution in [-0.2, 0) is 0 Å². The molecule has 2 heteroatoms. The van der Waals surface area contributed by atoms with Crippen molar-refractivity contribution in [3.63, 3.8) is 0 Å². The quantitative estimate of drug-likeness (QED) is 0.511. The molecule has 0 heterocycles. The van der Waals surface area contributed by atoms with E-state index in [9.17, 15) is 0 Å². The summed E-state index contributed by atoms with van der Waals surface area (Å²) in [7, 11) is 0. The van der Waals surface area contributed by atoms with Crippen molar-refractivity contribution in [1.82, 2.24) is 0 Å². The summed E-state index contributed by atoms with van der Waals surface area (Å²) >= 11 is 0. The molecule has 2 aliphatic rings. The molecule has 2 nitrogen and oxygen atoms in total. The van der Waals surface area contributed by atoms with Crippen LogP contribution >= 0.6 is 0 Å². The van der Waals surface area contributed by atoms with Gasteiger partial charge in [0.1, 0.15) is 17.7 Å². The Hall–Kier alpha value is -1.28. The molecule has 0 N–H and O–H groups in total. The Labute approximate surface area is 73.1 Å². The minimum Gasteiger partial charge on any atom is -0.192 e. The maximum absolute atomic E-state index is 7.76. The fourth-order valence-corrected chi connectivity index (χ4v) is 1.68. The Kier molecular flexibility index (Phi) is 2.88. The van der Waals surface area contributed by atoms with Gasteiger partial charge in [-0.25, -0.2) is 0 Å². The van der Waals surface area contributed by atoms with Crippen LogP contribution in [0.3, 0.4) is 0 Å². The highest BCUT2D eigenvalue weighted by atomic mass is 14.5. The normalized spacial score (nSPS) is 28.5. The maximum Gasteiger partial charge on any atom is 0.122 e. The van der Waals surface area contributed by atoms with Gasteiger partial charge in [-0.3, -0.25) is 0 Å². The Morgan fingerprint density at radius 3 is 1.75 bits per heavy atom. The van der Waals surface area contributed by atoms with Gasteiger partial charge in [0, 0.05) is 0 Å². The van der Waals surface area contributed by atoms with Crippen molar-refractivity contribution in [3.05, 3.63) is 12.2 Å². The van der Waals surface area contributed by atoms with Crippen molar-refractivity contribution in [1.29, 1.82) is 10.5 Å². The standard InChI is InChI=1S/C6H10.C4H2N2/c1-2-5-4-6(5)3-1;1-4(2-5)3-6/h5-6H,1-4H2;1H2. The van der Waals surface area contributed by atoms with E-state index in [4.69, 9.17) is 10.5 Å². The topological polar surface area (TPSA) is 47.6 Å². The molecule has 2 rings (SSSR count). The highest BCUT2D eigenvalue weighted by Gasteiger charge is 2.40. The molecule has 2 unspecified atom stereocenters. The van der Waals surface area contributed by atoms with Crippen molar-refractivity contribution in [3.8, 4) is 12.1 Å². The molecule has 62 valence electrons. The lowest BCUT2D eigenvalue weighted by molar-refractivity contribution is 0.735. The van der Waals surface area contributed by atoms with Gasteiger partial charge in [-0.2, -0.15) is 10.5 Å². The van der Waals surface area contributed by atoms with Crippen LogP contribution in [0.4, 0.5) is 0 Å². The minimum absolute atomic E-state index is 0.0463. The van der Waals surface area contributed by atoms with Crippen LogP contribution in [0.25, 0.3) is 0 Å². The first kappa shape index (κ1) is 8.81. The first-order valence-corrected chi connectivity index (χ1v) is 4.27. The predicted octanol–water partition coefficient (Wildman–Crippen LogP) is 2.40. The highest BCUT2D eigenvalue weighted by Crippen LogP contribution is 2.51. The molecule has 2 aliphatic carbocycles. The van der Waals surface area contributed by atoms with Crippen molar-refractivity contribution in [2.45, 2.75) is 25.7 Å². The zero-order chi connectivity index (χ0) is 8.97. The zero-order valence-electron chi connectivity index (χ0n) is 7.08. The van der Waals surface area contributed by atoms with Gasteiger partial charge >= 0.3 is 0 Å². The third-order valence-corrected chi connectivity index (χ3v) is 2.49. The SMILES string of the molecule is C1CC2CC2C1.C=C(C#N)C#N. The average Bonchev–Trinajstić information content (AvgIpc) is 2.74. The van der Waals surface area contributed by atoms with E-state index in [1.54, 1.807) is 31.4 Å². The van der Waals surface area contributed by atoms with Gasteiger partial charge in [-0.15, -0.1) is 0 Å². The van der Waals surface area contributed by atoms with Gasteiger partial charge in [-0.1, -0.05) is 25.8 Å². The Morgan fingerprint density at radius 1 is 1.17 bits per heavy atom. The summed E-state index contributed by atoms with van der Waals surface area (Å²) in [4.78, 5) is 0. The third-order valence-electron chi connectivity index (χ3n) is 2.49. The van der Waals surface area contributed by atoms with Gasteiger partial charge in [0.15, 0.2) is 0 Å². The molecule has 2 atom stereocenters. The molecule has 2 saturated carbocycles. The fourth-order valence-electron chi connectivity index (χ4n) is 1.68. The molecule has 0 radical (unpaired) electrons. The first-order chi connectivity index (χ1) is 5.77. The van der Waals surface area contributed by atoms with E-state index in [1.807, 2.05) is 0 Å². The molecule has 0 aromatic carbocycles. The molecule has 0 amide bonds. The number of rotatable bonds is 0. The molecule has 0 aliphatic heterocycles. The van der Waals surface area contributed by atoms with E-state index < -0.39 is 0 Å². The summed E-state index contributed by atoms with van der Waals surface area (Å²) in [6.07, 6.45) is 6.24. The second kappa shape index (κ2) is 3.93. The van der Waals surface area contributed by atoms with Crippen molar-refractivity contribution < 1.29 is 0 Å². The lowest BCUT2D eigenvalue weighted by Gasteiger charge is -1.80. The van der Waals surface area contributed by atoms with Crippen molar-refractivity contribution in [2.75, 3.05) is 0 Å². The lowest BCUT2D eigenvalue weighted by atomic mass is 10.3. The Bertz CT molecular complexity index is 230. The Morgan fingerprint density at radius 2 is 1.67 bits per heavy atom. The molecular weight excluding hydrogens is 148 g/mol.